The van der Waals surface area contributed by atoms with Crippen LogP contribution in [0, 0.1) is 0 Å². The second-order valence-electron chi connectivity index (χ2n) is 4.86. The average Bonchev–Trinajstić information content (AvgIpc) is 3.16. The molecule has 0 radical (unpaired) electrons. The first-order chi connectivity index (χ1) is 11.4. The Morgan fingerprint density at radius 3 is 2.54 bits per heavy atom. The van der Waals surface area contributed by atoms with Gasteiger partial charge in [0.05, 0.1) is 12.8 Å². The van der Waals surface area contributed by atoms with E-state index in [0.29, 0.717) is 11.3 Å². The van der Waals surface area contributed by atoms with Crippen LogP contribution in [-0.2, 0) is 6.54 Å². The van der Waals surface area contributed by atoms with Gasteiger partial charge in [0.15, 0.2) is 12.4 Å². The summed E-state index contributed by atoms with van der Waals surface area (Å²) in [6.07, 6.45) is -2.97. The van der Waals surface area contributed by atoms with Gasteiger partial charge in [-0.3, -0.25) is 0 Å². The number of hydrogen-bond acceptors (Lipinski definition) is 5. The number of furan rings is 1. The highest BCUT2D eigenvalue weighted by Gasteiger charge is 2.28. The van der Waals surface area contributed by atoms with Gasteiger partial charge in [-0.25, -0.2) is 4.79 Å². The molecule has 0 unspecified atom stereocenters. The smallest absolute Gasteiger partial charge is 0.437 e. The van der Waals surface area contributed by atoms with Crippen molar-refractivity contribution in [1.29, 1.82) is 0 Å². The third kappa shape index (κ3) is 3.86. The van der Waals surface area contributed by atoms with Gasteiger partial charge >= 0.3 is 11.9 Å². The maximum Gasteiger partial charge on any atom is 0.437 e. The van der Waals surface area contributed by atoms with Crippen molar-refractivity contribution in [2.75, 3.05) is 6.61 Å². The number of benzene rings is 1. The summed E-state index contributed by atoms with van der Waals surface area (Å²) in [5.74, 6) is -0.212. The zero-order chi connectivity index (χ0) is 17.2. The zero-order valence-electron chi connectivity index (χ0n) is 12.1. The Hall–Kier alpha value is -2.97. The largest absolute Gasteiger partial charge is 0.484 e. The van der Waals surface area contributed by atoms with Crippen LogP contribution in [0.4, 0.5) is 13.2 Å². The van der Waals surface area contributed by atoms with E-state index in [9.17, 15) is 18.0 Å². The summed E-state index contributed by atoms with van der Waals surface area (Å²) in [5.41, 5.74) is 0.649. The monoisotopic (exact) mass is 340 g/mol. The molecule has 126 valence electrons. The minimum absolute atomic E-state index is 0.0510. The highest BCUT2D eigenvalue weighted by atomic mass is 19.4. The van der Waals surface area contributed by atoms with Gasteiger partial charge in [-0.1, -0.05) is 12.1 Å². The fourth-order valence-corrected chi connectivity index (χ4v) is 1.94. The lowest BCUT2D eigenvalue weighted by Crippen LogP contribution is -2.19. The second kappa shape index (κ2) is 6.26. The van der Waals surface area contributed by atoms with Crippen LogP contribution in [0.2, 0.25) is 0 Å². The number of rotatable bonds is 5. The fraction of sp³-hybridized carbons (Fsp3) is 0.200. The van der Waals surface area contributed by atoms with Crippen LogP contribution in [0.25, 0.3) is 11.7 Å². The van der Waals surface area contributed by atoms with Crippen molar-refractivity contribution >= 4 is 0 Å². The van der Waals surface area contributed by atoms with Gasteiger partial charge in [0, 0.05) is 0 Å². The predicted octanol–water partition coefficient (Wildman–Crippen LogP) is 3.09. The Labute approximate surface area is 133 Å². The van der Waals surface area contributed by atoms with E-state index in [4.69, 9.17) is 8.83 Å². The molecular weight excluding hydrogens is 329 g/mol. The standard InChI is InChI=1S/C15H11F3N2O4/c16-15(17,18)9-23-11-5-3-10(4-6-11)8-20-14(21)24-13(19-20)12-2-1-7-22-12/h1-7H,8-9H2. The number of aromatic nitrogens is 2. The third-order valence-electron chi connectivity index (χ3n) is 3.00. The molecule has 2 aromatic heterocycles. The molecule has 9 heteroatoms. The Balaban J connectivity index is 1.69. The lowest BCUT2D eigenvalue weighted by molar-refractivity contribution is -0.153. The van der Waals surface area contributed by atoms with Gasteiger partial charge in [0.25, 0.3) is 5.89 Å². The molecule has 0 bridgehead atoms. The minimum atomic E-state index is -4.39. The van der Waals surface area contributed by atoms with Gasteiger partial charge in [-0.2, -0.15) is 17.9 Å². The molecule has 0 spiro atoms. The van der Waals surface area contributed by atoms with Crippen LogP contribution < -0.4 is 10.5 Å². The van der Waals surface area contributed by atoms with E-state index in [1.165, 1.54) is 18.4 Å². The van der Waals surface area contributed by atoms with E-state index in [1.807, 2.05) is 0 Å². The summed E-state index contributed by atoms with van der Waals surface area (Å²) in [6.45, 7) is -1.26. The average molecular weight is 340 g/mol. The normalized spacial score (nSPS) is 11.6. The molecule has 1 aromatic carbocycles. The summed E-state index contributed by atoms with van der Waals surface area (Å²) < 4.78 is 52.0. The Kier molecular flexibility index (Phi) is 4.15. The highest BCUT2D eigenvalue weighted by Crippen LogP contribution is 2.19. The molecule has 3 aromatic rings. The van der Waals surface area contributed by atoms with E-state index >= 15 is 0 Å². The van der Waals surface area contributed by atoms with Gasteiger partial charge in [-0.05, 0) is 29.8 Å². The second-order valence-corrected chi connectivity index (χ2v) is 4.86. The van der Waals surface area contributed by atoms with Crippen molar-refractivity contribution < 1.29 is 26.7 Å². The van der Waals surface area contributed by atoms with E-state index in [-0.39, 0.29) is 18.2 Å². The first kappa shape index (κ1) is 15.9. The van der Waals surface area contributed by atoms with E-state index in [0.717, 1.165) is 4.68 Å². The number of halogens is 3. The van der Waals surface area contributed by atoms with Crippen molar-refractivity contribution in [2.24, 2.45) is 0 Å². The topological polar surface area (TPSA) is 70.4 Å². The zero-order valence-corrected chi connectivity index (χ0v) is 12.1. The van der Waals surface area contributed by atoms with Crippen LogP contribution >= 0.6 is 0 Å². The van der Waals surface area contributed by atoms with E-state index < -0.39 is 18.5 Å². The SMILES string of the molecule is O=c1oc(-c2ccco2)nn1Cc1ccc(OCC(F)(F)F)cc1. The Bertz CT molecular complexity index is 848. The van der Waals surface area contributed by atoms with Crippen LogP contribution in [0.1, 0.15) is 5.56 Å². The lowest BCUT2D eigenvalue weighted by atomic mass is 10.2. The van der Waals surface area contributed by atoms with Gasteiger partial charge in [0.2, 0.25) is 0 Å². The molecule has 0 fully saturated rings. The Morgan fingerprint density at radius 2 is 1.92 bits per heavy atom. The molecule has 0 atom stereocenters. The predicted molar refractivity (Wildman–Crippen MR) is 75.6 cm³/mol. The van der Waals surface area contributed by atoms with Crippen molar-refractivity contribution in [2.45, 2.75) is 12.7 Å². The van der Waals surface area contributed by atoms with Crippen LogP contribution in [0.3, 0.4) is 0 Å². The van der Waals surface area contributed by atoms with Crippen LogP contribution in [0.15, 0.2) is 56.3 Å². The van der Waals surface area contributed by atoms with Crippen molar-refractivity contribution in [3.05, 3.63) is 58.8 Å². The van der Waals surface area contributed by atoms with E-state index in [2.05, 4.69) is 9.84 Å². The Morgan fingerprint density at radius 1 is 1.17 bits per heavy atom. The summed E-state index contributed by atoms with van der Waals surface area (Å²) in [6, 6.07) is 9.09. The summed E-state index contributed by atoms with van der Waals surface area (Å²) in [5, 5.41) is 4.00. The van der Waals surface area contributed by atoms with Crippen LogP contribution in [0.5, 0.6) is 5.75 Å². The van der Waals surface area contributed by atoms with Gasteiger partial charge < -0.3 is 13.6 Å². The molecule has 6 nitrogen and oxygen atoms in total. The summed E-state index contributed by atoms with van der Waals surface area (Å²) >= 11 is 0. The number of hydrogen-bond donors (Lipinski definition) is 0. The molecule has 0 aliphatic heterocycles. The summed E-state index contributed by atoms with van der Waals surface area (Å²) in [4.78, 5) is 11.8. The van der Waals surface area contributed by atoms with E-state index in [1.54, 1.807) is 24.3 Å². The third-order valence-corrected chi connectivity index (χ3v) is 3.00. The van der Waals surface area contributed by atoms with Crippen LogP contribution in [-0.4, -0.2) is 22.6 Å². The molecule has 0 saturated carbocycles. The molecule has 24 heavy (non-hydrogen) atoms. The molecule has 3 rings (SSSR count). The molecular formula is C15H11F3N2O4. The number of ether oxygens (including phenoxy) is 1. The lowest BCUT2D eigenvalue weighted by Gasteiger charge is -2.09. The minimum Gasteiger partial charge on any atom is -0.484 e. The van der Waals surface area contributed by atoms with Crippen molar-refractivity contribution in [3.63, 3.8) is 0 Å². The molecule has 0 aliphatic rings. The van der Waals surface area contributed by atoms with Gasteiger partial charge in [0.1, 0.15) is 5.75 Å². The number of alkyl halides is 3. The molecule has 0 aliphatic carbocycles. The molecule has 0 saturated heterocycles. The fourth-order valence-electron chi connectivity index (χ4n) is 1.94. The van der Waals surface area contributed by atoms with Crippen molar-refractivity contribution in [1.82, 2.24) is 9.78 Å². The van der Waals surface area contributed by atoms with Crippen molar-refractivity contribution in [3.8, 4) is 17.4 Å². The quantitative estimate of drug-likeness (QED) is 0.714. The molecule has 0 N–H and O–H groups in total. The van der Waals surface area contributed by atoms with Gasteiger partial charge in [-0.15, -0.1) is 5.10 Å². The number of nitrogens with zero attached hydrogens (tertiary/aromatic N) is 2. The first-order valence-corrected chi connectivity index (χ1v) is 6.81. The molecule has 2 heterocycles. The summed E-state index contributed by atoms with van der Waals surface area (Å²) in [7, 11) is 0. The maximum absolute atomic E-state index is 12.1. The highest BCUT2D eigenvalue weighted by molar-refractivity contribution is 5.42. The molecule has 0 amide bonds. The first-order valence-electron chi connectivity index (χ1n) is 6.81. The maximum atomic E-state index is 12.1.